The molecule has 0 aliphatic heterocycles. The molecule has 0 bridgehead atoms. The lowest BCUT2D eigenvalue weighted by Crippen LogP contribution is -2.19. The van der Waals surface area contributed by atoms with Crippen molar-refractivity contribution in [2.75, 3.05) is 32.6 Å². The van der Waals surface area contributed by atoms with E-state index in [1.807, 2.05) is 61.5 Å². The molecule has 0 aliphatic carbocycles. The Morgan fingerprint density at radius 2 is 1.92 bits per heavy atom. The van der Waals surface area contributed by atoms with Crippen molar-refractivity contribution in [3.05, 3.63) is 66.4 Å². The first-order chi connectivity index (χ1) is 12.1. The van der Waals surface area contributed by atoms with E-state index in [1.54, 1.807) is 18.3 Å². The zero-order valence-corrected chi connectivity index (χ0v) is 14.4. The molecular formula is C20H21N3O2. The molecule has 1 heterocycles. The van der Waals surface area contributed by atoms with Crippen molar-refractivity contribution >= 4 is 22.4 Å². The first-order valence-corrected chi connectivity index (χ1v) is 8.16. The van der Waals surface area contributed by atoms with Gasteiger partial charge in [0.1, 0.15) is 6.61 Å². The summed E-state index contributed by atoms with van der Waals surface area (Å²) in [6.45, 7) is 1.34. The first kappa shape index (κ1) is 16.9. The highest BCUT2D eigenvalue weighted by atomic mass is 16.5. The summed E-state index contributed by atoms with van der Waals surface area (Å²) in [4.78, 5) is 18.9. The van der Waals surface area contributed by atoms with Crippen molar-refractivity contribution in [3.63, 3.8) is 0 Å². The van der Waals surface area contributed by atoms with Gasteiger partial charge in [-0.2, -0.15) is 0 Å². The first-order valence-electron chi connectivity index (χ1n) is 8.16. The molecule has 1 aromatic heterocycles. The number of carbonyl (C=O) groups is 1. The van der Waals surface area contributed by atoms with Crippen LogP contribution >= 0.6 is 0 Å². The number of carbonyl (C=O) groups excluding carboxylic acids is 1. The Hall–Kier alpha value is -2.92. The third-order valence-electron chi connectivity index (χ3n) is 3.82. The summed E-state index contributed by atoms with van der Waals surface area (Å²) in [6.07, 6.45) is 1.63. The predicted molar refractivity (Wildman–Crippen MR) is 100 cm³/mol. The van der Waals surface area contributed by atoms with Crippen LogP contribution in [0.2, 0.25) is 0 Å². The fourth-order valence-electron chi connectivity index (χ4n) is 2.52. The number of ether oxygens (including phenoxy) is 1. The van der Waals surface area contributed by atoms with Crippen LogP contribution in [0.1, 0.15) is 10.4 Å². The molecule has 0 saturated heterocycles. The Labute approximate surface area is 147 Å². The average Bonchev–Trinajstić information content (AvgIpc) is 2.61. The third-order valence-corrected chi connectivity index (χ3v) is 3.82. The number of amides is 1. The molecule has 3 rings (SSSR count). The summed E-state index contributed by atoms with van der Waals surface area (Å²) in [6, 6.07) is 17.0. The Kier molecular flexibility index (Phi) is 5.26. The van der Waals surface area contributed by atoms with E-state index in [2.05, 4.69) is 10.3 Å². The van der Waals surface area contributed by atoms with Crippen LogP contribution < -0.4 is 10.1 Å². The zero-order chi connectivity index (χ0) is 17.6. The van der Waals surface area contributed by atoms with E-state index in [0.29, 0.717) is 23.7 Å². The van der Waals surface area contributed by atoms with Crippen LogP contribution in [-0.2, 0) is 0 Å². The number of aromatic nitrogens is 1. The quantitative estimate of drug-likeness (QED) is 0.750. The van der Waals surface area contributed by atoms with Crippen molar-refractivity contribution in [2.24, 2.45) is 0 Å². The molecule has 1 N–H and O–H groups in total. The summed E-state index contributed by atoms with van der Waals surface area (Å²) >= 11 is 0. The van der Waals surface area contributed by atoms with Gasteiger partial charge in [0, 0.05) is 30.1 Å². The van der Waals surface area contributed by atoms with Gasteiger partial charge in [-0.25, -0.2) is 4.98 Å². The number of likely N-dealkylation sites (N-methyl/N-ethyl adjacent to an activating group) is 1. The van der Waals surface area contributed by atoms with Crippen molar-refractivity contribution in [1.29, 1.82) is 0 Å². The molecule has 0 aliphatic rings. The Morgan fingerprint density at radius 1 is 1.12 bits per heavy atom. The lowest BCUT2D eigenvalue weighted by atomic mass is 10.0. The fraction of sp³-hybridized carbons (Fsp3) is 0.200. The Balaban J connectivity index is 1.74. The van der Waals surface area contributed by atoms with E-state index >= 15 is 0 Å². The van der Waals surface area contributed by atoms with Crippen LogP contribution in [0.3, 0.4) is 0 Å². The number of nitrogens with one attached hydrogen (secondary N) is 1. The predicted octanol–water partition coefficient (Wildman–Crippen LogP) is 3.43. The highest BCUT2D eigenvalue weighted by Crippen LogP contribution is 2.21. The minimum Gasteiger partial charge on any atom is -0.476 e. The normalized spacial score (nSPS) is 10.8. The minimum absolute atomic E-state index is 0.151. The molecule has 0 radical (unpaired) electrons. The molecule has 128 valence electrons. The van der Waals surface area contributed by atoms with E-state index in [4.69, 9.17) is 4.74 Å². The molecule has 0 unspecified atom stereocenters. The summed E-state index contributed by atoms with van der Waals surface area (Å²) in [5.74, 6) is 0.347. The van der Waals surface area contributed by atoms with Gasteiger partial charge in [0.05, 0.1) is 0 Å². The van der Waals surface area contributed by atoms with E-state index in [0.717, 1.165) is 17.3 Å². The summed E-state index contributed by atoms with van der Waals surface area (Å²) in [5.41, 5.74) is 1.30. The van der Waals surface area contributed by atoms with Gasteiger partial charge < -0.3 is 15.0 Å². The van der Waals surface area contributed by atoms with Crippen LogP contribution in [0.5, 0.6) is 5.88 Å². The topological polar surface area (TPSA) is 54.5 Å². The molecule has 25 heavy (non-hydrogen) atoms. The van der Waals surface area contributed by atoms with Crippen LogP contribution in [0.15, 0.2) is 60.8 Å². The molecule has 0 spiro atoms. The highest BCUT2D eigenvalue weighted by Gasteiger charge is 2.10. The SMILES string of the molecule is CN(C)CCOc1cc(NC(=O)c2cccc3ccccc23)ccn1. The van der Waals surface area contributed by atoms with Crippen molar-refractivity contribution < 1.29 is 9.53 Å². The second-order valence-corrected chi connectivity index (χ2v) is 6.02. The number of hydrogen-bond donors (Lipinski definition) is 1. The van der Waals surface area contributed by atoms with Crippen LogP contribution in [-0.4, -0.2) is 43.0 Å². The van der Waals surface area contributed by atoms with Crippen molar-refractivity contribution in [2.45, 2.75) is 0 Å². The maximum absolute atomic E-state index is 12.7. The lowest BCUT2D eigenvalue weighted by molar-refractivity contribution is 0.102. The van der Waals surface area contributed by atoms with Gasteiger partial charge >= 0.3 is 0 Å². The van der Waals surface area contributed by atoms with Crippen LogP contribution in [0, 0.1) is 0 Å². The van der Waals surface area contributed by atoms with Crippen molar-refractivity contribution in [3.8, 4) is 5.88 Å². The number of anilines is 1. The molecule has 0 atom stereocenters. The van der Waals surface area contributed by atoms with Gasteiger partial charge in [-0.05, 0) is 37.0 Å². The summed E-state index contributed by atoms with van der Waals surface area (Å²) in [7, 11) is 3.97. The van der Waals surface area contributed by atoms with Gasteiger partial charge in [-0.3, -0.25) is 4.79 Å². The second kappa shape index (κ2) is 7.77. The lowest BCUT2D eigenvalue weighted by Gasteiger charge is -2.12. The number of nitrogens with zero attached hydrogens (tertiary/aromatic N) is 2. The molecule has 1 amide bonds. The molecule has 0 saturated carbocycles. The minimum atomic E-state index is -0.151. The molecule has 0 fully saturated rings. The maximum atomic E-state index is 12.7. The smallest absolute Gasteiger partial charge is 0.256 e. The second-order valence-electron chi connectivity index (χ2n) is 6.02. The Bertz CT molecular complexity index is 872. The van der Waals surface area contributed by atoms with E-state index in [1.165, 1.54) is 0 Å². The number of rotatable bonds is 6. The molecule has 2 aromatic carbocycles. The number of pyridine rings is 1. The van der Waals surface area contributed by atoms with Gasteiger partial charge in [-0.1, -0.05) is 36.4 Å². The summed E-state index contributed by atoms with van der Waals surface area (Å²) in [5, 5.41) is 4.89. The zero-order valence-electron chi connectivity index (χ0n) is 14.4. The molecular weight excluding hydrogens is 314 g/mol. The van der Waals surface area contributed by atoms with E-state index in [-0.39, 0.29) is 5.91 Å². The molecule has 3 aromatic rings. The largest absolute Gasteiger partial charge is 0.476 e. The number of hydrogen-bond acceptors (Lipinski definition) is 4. The molecule has 5 heteroatoms. The number of fused-ring (bicyclic) bond motifs is 1. The van der Waals surface area contributed by atoms with E-state index in [9.17, 15) is 4.79 Å². The Morgan fingerprint density at radius 3 is 2.76 bits per heavy atom. The third kappa shape index (κ3) is 4.33. The molecule has 5 nitrogen and oxygen atoms in total. The van der Waals surface area contributed by atoms with Crippen molar-refractivity contribution in [1.82, 2.24) is 9.88 Å². The van der Waals surface area contributed by atoms with E-state index < -0.39 is 0 Å². The van der Waals surface area contributed by atoms with Crippen LogP contribution in [0.25, 0.3) is 10.8 Å². The fourth-order valence-corrected chi connectivity index (χ4v) is 2.52. The monoisotopic (exact) mass is 335 g/mol. The summed E-state index contributed by atoms with van der Waals surface area (Å²) < 4.78 is 5.61. The average molecular weight is 335 g/mol. The van der Waals surface area contributed by atoms with Gasteiger partial charge in [0.2, 0.25) is 5.88 Å². The number of benzene rings is 2. The van der Waals surface area contributed by atoms with Gasteiger partial charge in [0.15, 0.2) is 0 Å². The van der Waals surface area contributed by atoms with Gasteiger partial charge in [0.25, 0.3) is 5.91 Å². The standard InChI is InChI=1S/C20H21N3O2/c1-23(2)12-13-25-19-14-16(10-11-21-19)22-20(24)18-9-5-7-15-6-3-4-8-17(15)18/h3-11,14H,12-13H2,1-2H3,(H,21,22,24). The highest BCUT2D eigenvalue weighted by molar-refractivity contribution is 6.12. The van der Waals surface area contributed by atoms with Crippen LogP contribution in [0.4, 0.5) is 5.69 Å². The maximum Gasteiger partial charge on any atom is 0.256 e. The van der Waals surface area contributed by atoms with Gasteiger partial charge in [-0.15, -0.1) is 0 Å².